The van der Waals surface area contributed by atoms with Gasteiger partial charge in [-0.05, 0) is 6.92 Å². The average molecular weight is 185 g/mol. The van der Waals surface area contributed by atoms with Crippen LogP contribution in [0.4, 0.5) is 0 Å². The molecule has 0 atom stereocenters. The highest BCUT2D eigenvalue weighted by molar-refractivity contribution is 6.36. The molecule has 0 spiro atoms. The summed E-state index contributed by atoms with van der Waals surface area (Å²) in [6, 6.07) is 0. The molecule has 12 heavy (non-hydrogen) atoms. The summed E-state index contributed by atoms with van der Waals surface area (Å²) in [5.74, 6) is -0.610. The van der Waals surface area contributed by atoms with Crippen LogP contribution in [0.2, 0.25) is 0 Å². The Labute approximate surface area is 74.6 Å². The number of rotatable bonds is 1. The van der Waals surface area contributed by atoms with Crippen LogP contribution in [-0.4, -0.2) is 11.7 Å². The number of amidine groups is 1. The van der Waals surface area contributed by atoms with Crippen LogP contribution >= 0.6 is 11.6 Å². The lowest BCUT2D eigenvalue weighted by atomic mass is 10.1. The van der Waals surface area contributed by atoms with E-state index in [0.717, 1.165) is 0 Å². The number of nitrogens with zero attached hydrogens (tertiary/aromatic N) is 1. The smallest absolute Gasteiger partial charge is 0.250 e. The van der Waals surface area contributed by atoms with Gasteiger partial charge in [0, 0.05) is 11.8 Å². The quantitative estimate of drug-likeness (QED) is 0.610. The Balaban J connectivity index is 3.21. The maximum atomic E-state index is 10.8. The molecule has 0 fully saturated rings. The molecule has 1 aliphatic heterocycles. The summed E-state index contributed by atoms with van der Waals surface area (Å²) in [6.45, 7) is 1.58. The minimum atomic E-state index is -0.631. The molecular weight excluding hydrogens is 178 g/mol. The molecule has 0 aromatic carbocycles. The van der Waals surface area contributed by atoms with Crippen molar-refractivity contribution in [2.45, 2.75) is 6.92 Å². The van der Waals surface area contributed by atoms with Crippen LogP contribution in [0.3, 0.4) is 0 Å². The van der Waals surface area contributed by atoms with Crippen LogP contribution < -0.4 is 11.1 Å². The summed E-state index contributed by atoms with van der Waals surface area (Å²) in [6.07, 6.45) is 1.25. The Morgan fingerprint density at radius 3 is 2.75 bits per heavy atom. The molecule has 3 N–H and O–H groups in total. The Bertz CT molecular complexity index is 317. The molecule has 0 aromatic heterocycles. The second-order valence-electron chi connectivity index (χ2n) is 2.32. The van der Waals surface area contributed by atoms with Crippen molar-refractivity contribution < 1.29 is 4.79 Å². The Hall–Kier alpha value is -1.29. The number of hydrogen-bond acceptors (Lipinski definition) is 2. The monoisotopic (exact) mass is 184 g/mol. The second-order valence-corrected chi connectivity index (χ2v) is 2.73. The van der Waals surface area contributed by atoms with E-state index in [1.54, 1.807) is 6.92 Å². The molecule has 1 heterocycles. The molecule has 1 aliphatic rings. The van der Waals surface area contributed by atoms with Crippen molar-refractivity contribution in [3.63, 3.8) is 0 Å². The summed E-state index contributed by atoms with van der Waals surface area (Å²) in [4.78, 5) is 10.8. The van der Waals surface area contributed by atoms with Gasteiger partial charge in [0.05, 0.1) is 10.6 Å². The number of nitrogens with two attached hydrogens (primary N) is 1. The van der Waals surface area contributed by atoms with E-state index in [1.165, 1.54) is 6.20 Å². The van der Waals surface area contributed by atoms with Gasteiger partial charge in [-0.1, -0.05) is 11.6 Å². The first-order valence-corrected chi connectivity index (χ1v) is 3.58. The molecule has 0 unspecified atom stereocenters. The topological polar surface area (TPSA) is 81.0 Å². The molecule has 0 aliphatic carbocycles. The first kappa shape index (κ1) is 8.80. The van der Waals surface area contributed by atoms with Crippen molar-refractivity contribution in [3.8, 4) is 0 Å². The first-order chi connectivity index (χ1) is 5.54. The van der Waals surface area contributed by atoms with Gasteiger partial charge in [-0.15, -0.1) is 0 Å². The number of halogens is 1. The predicted octanol–water partition coefficient (Wildman–Crippen LogP) is 0.464. The van der Waals surface area contributed by atoms with E-state index in [-0.39, 0.29) is 16.4 Å². The normalized spacial score (nSPS) is 17.2. The molecule has 1 amide bonds. The van der Waals surface area contributed by atoms with Crippen molar-refractivity contribution in [2.75, 3.05) is 0 Å². The van der Waals surface area contributed by atoms with Gasteiger partial charge >= 0.3 is 0 Å². The minimum absolute atomic E-state index is 0.0215. The van der Waals surface area contributed by atoms with Crippen LogP contribution in [-0.2, 0) is 4.79 Å². The number of carbonyl (C=O) groups is 1. The third kappa shape index (κ3) is 1.33. The standard InChI is InChI=1S/C7H7ClN3O/c1-3-5(7(10)12)4(8)2-11-6(3)9/h2,9H,1H3,(H2,10,12). The Morgan fingerprint density at radius 1 is 1.75 bits per heavy atom. The van der Waals surface area contributed by atoms with Crippen LogP contribution in [0, 0.1) is 5.41 Å². The summed E-state index contributed by atoms with van der Waals surface area (Å²) in [5.41, 5.74) is 5.64. The zero-order valence-electron chi connectivity index (χ0n) is 6.39. The molecule has 0 saturated heterocycles. The molecule has 63 valence electrons. The fourth-order valence-corrected chi connectivity index (χ4v) is 1.17. The molecule has 5 heteroatoms. The van der Waals surface area contributed by atoms with Gasteiger partial charge in [-0.3, -0.25) is 10.2 Å². The van der Waals surface area contributed by atoms with Crippen LogP contribution in [0.1, 0.15) is 6.92 Å². The lowest BCUT2D eigenvalue weighted by Crippen LogP contribution is -2.24. The van der Waals surface area contributed by atoms with Gasteiger partial charge in [-0.2, -0.15) is 0 Å². The highest BCUT2D eigenvalue weighted by Crippen LogP contribution is 2.21. The van der Waals surface area contributed by atoms with Gasteiger partial charge in [0.15, 0.2) is 0 Å². The number of amides is 1. The van der Waals surface area contributed by atoms with Gasteiger partial charge in [0.1, 0.15) is 5.84 Å². The number of nitrogens with one attached hydrogen (secondary N) is 1. The van der Waals surface area contributed by atoms with Crippen molar-refractivity contribution in [3.05, 3.63) is 22.4 Å². The summed E-state index contributed by atoms with van der Waals surface area (Å²) >= 11 is 5.65. The second kappa shape index (κ2) is 2.98. The van der Waals surface area contributed by atoms with Crippen molar-refractivity contribution >= 4 is 23.3 Å². The van der Waals surface area contributed by atoms with E-state index in [2.05, 4.69) is 5.32 Å². The highest BCUT2D eigenvalue weighted by atomic mass is 35.5. The third-order valence-electron chi connectivity index (χ3n) is 1.52. The fourth-order valence-electron chi connectivity index (χ4n) is 0.883. The maximum absolute atomic E-state index is 10.8. The van der Waals surface area contributed by atoms with Crippen LogP contribution in [0.25, 0.3) is 0 Å². The largest absolute Gasteiger partial charge is 0.366 e. The average Bonchev–Trinajstić information content (AvgIpc) is 1.97. The van der Waals surface area contributed by atoms with Crippen molar-refractivity contribution in [1.29, 1.82) is 5.41 Å². The Morgan fingerprint density at radius 2 is 2.33 bits per heavy atom. The van der Waals surface area contributed by atoms with E-state index >= 15 is 0 Å². The summed E-state index contributed by atoms with van der Waals surface area (Å²) in [7, 11) is 0. The minimum Gasteiger partial charge on any atom is -0.366 e. The lowest BCUT2D eigenvalue weighted by molar-refractivity contribution is -0.114. The van der Waals surface area contributed by atoms with Gasteiger partial charge < -0.3 is 5.73 Å². The highest BCUT2D eigenvalue weighted by Gasteiger charge is 2.20. The fraction of sp³-hybridized carbons (Fsp3) is 0.143. The van der Waals surface area contributed by atoms with Gasteiger partial charge in [0.2, 0.25) is 0 Å². The zero-order chi connectivity index (χ0) is 9.30. The van der Waals surface area contributed by atoms with E-state index < -0.39 is 5.91 Å². The molecule has 0 saturated carbocycles. The maximum Gasteiger partial charge on any atom is 0.250 e. The molecule has 1 radical (unpaired) electrons. The molecule has 0 bridgehead atoms. The lowest BCUT2D eigenvalue weighted by Gasteiger charge is -2.12. The number of carbonyl (C=O) groups excluding carboxylic acids is 1. The van der Waals surface area contributed by atoms with E-state index in [9.17, 15) is 4.79 Å². The predicted molar refractivity (Wildman–Crippen MR) is 45.7 cm³/mol. The Kier molecular flexibility index (Phi) is 2.19. The third-order valence-corrected chi connectivity index (χ3v) is 1.81. The molecule has 4 nitrogen and oxygen atoms in total. The molecule has 1 rings (SSSR count). The molecular formula is C7H7ClN3O. The van der Waals surface area contributed by atoms with Crippen LogP contribution in [0.15, 0.2) is 22.4 Å². The zero-order valence-corrected chi connectivity index (χ0v) is 7.14. The number of hydrogen-bond donors (Lipinski definition) is 2. The van der Waals surface area contributed by atoms with Crippen molar-refractivity contribution in [2.24, 2.45) is 5.73 Å². The van der Waals surface area contributed by atoms with E-state index in [4.69, 9.17) is 22.7 Å². The van der Waals surface area contributed by atoms with E-state index in [1.807, 2.05) is 0 Å². The van der Waals surface area contributed by atoms with Gasteiger partial charge in [-0.25, -0.2) is 5.32 Å². The van der Waals surface area contributed by atoms with Crippen LogP contribution in [0.5, 0.6) is 0 Å². The van der Waals surface area contributed by atoms with Crippen molar-refractivity contribution in [1.82, 2.24) is 5.32 Å². The first-order valence-electron chi connectivity index (χ1n) is 3.20. The van der Waals surface area contributed by atoms with Gasteiger partial charge in [0.25, 0.3) is 5.91 Å². The number of primary amides is 1. The SMILES string of the molecule is CC1=C(C(N)=O)C(Cl)=C[N]C1=N. The summed E-state index contributed by atoms with van der Waals surface area (Å²) < 4.78 is 0. The van der Waals surface area contributed by atoms with E-state index in [0.29, 0.717) is 5.57 Å². The molecule has 0 aromatic rings. The summed E-state index contributed by atoms with van der Waals surface area (Å²) in [5, 5.41) is 11.1.